The maximum Gasteiger partial charge on any atom is 0.262 e. The molecule has 7 nitrogen and oxygen atoms in total. The highest BCUT2D eigenvalue weighted by atomic mass is 16.5. The highest BCUT2D eigenvalue weighted by molar-refractivity contribution is 5.93. The van der Waals surface area contributed by atoms with Crippen LogP contribution < -0.4 is 19.7 Å². The average Bonchev–Trinajstić information content (AvgIpc) is 2.70. The van der Waals surface area contributed by atoms with Crippen molar-refractivity contribution in [3.8, 4) is 11.6 Å². The van der Waals surface area contributed by atoms with E-state index in [9.17, 15) is 4.79 Å². The van der Waals surface area contributed by atoms with Crippen molar-refractivity contribution in [3.05, 3.63) is 35.5 Å². The zero-order valence-corrected chi connectivity index (χ0v) is 16.1. The maximum atomic E-state index is 12.3. The molecule has 0 spiro atoms. The third kappa shape index (κ3) is 4.67. The number of methoxy groups -OCH3 is 1. The molecule has 0 bridgehead atoms. The molecule has 0 aliphatic carbocycles. The average molecular weight is 370 g/mol. The first kappa shape index (κ1) is 18.9. The number of aryl methyl sites for hydroxylation is 1. The van der Waals surface area contributed by atoms with Crippen LogP contribution in [-0.4, -0.2) is 42.7 Å². The standard InChI is InChI=1S/C20H26N4O3/c1-14-15(2)21-20(24-11-7-4-8-12-24)23-19(14)27-13-18(25)22-16-9-5-6-10-17(16)26-3/h5-6,9-10H,4,7-8,11-13H2,1-3H3,(H,22,25). The van der Waals surface area contributed by atoms with Crippen LogP contribution in [-0.2, 0) is 4.79 Å². The second-order valence-corrected chi connectivity index (χ2v) is 6.62. The summed E-state index contributed by atoms with van der Waals surface area (Å²) in [6.45, 7) is 5.62. The summed E-state index contributed by atoms with van der Waals surface area (Å²) in [5.41, 5.74) is 2.32. The van der Waals surface area contributed by atoms with Crippen LogP contribution in [0.5, 0.6) is 11.6 Å². The minimum atomic E-state index is -0.269. The van der Waals surface area contributed by atoms with Gasteiger partial charge in [0.15, 0.2) is 6.61 Å². The molecule has 1 aromatic carbocycles. The Kier molecular flexibility index (Phi) is 6.11. The minimum absolute atomic E-state index is 0.130. The van der Waals surface area contributed by atoms with E-state index in [4.69, 9.17) is 9.47 Å². The van der Waals surface area contributed by atoms with Gasteiger partial charge in [0.1, 0.15) is 5.75 Å². The number of ether oxygens (including phenoxy) is 2. The summed E-state index contributed by atoms with van der Waals surface area (Å²) in [5, 5.41) is 2.80. The summed E-state index contributed by atoms with van der Waals surface area (Å²) < 4.78 is 11.0. The number of anilines is 2. The molecule has 2 aromatic rings. The van der Waals surface area contributed by atoms with Crippen molar-refractivity contribution >= 4 is 17.5 Å². The van der Waals surface area contributed by atoms with Gasteiger partial charge in [-0.2, -0.15) is 4.98 Å². The van der Waals surface area contributed by atoms with E-state index in [0.717, 1.165) is 37.2 Å². The molecule has 1 fully saturated rings. The van der Waals surface area contributed by atoms with Gasteiger partial charge in [-0.15, -0.1) is 0 Å². The molecule has 0 radical (unpaired) electrons. The van der Waals surface area contributed by atoms with E-state index in [1.807, 2.05) is 26.0 Å². The fraction of sp³-hybridized carbons (Fsp3) is 0.450. The van der Waals surface area contributed by atoms with Gasteiger partial charge in [-0.3, -0.25) is 4.79 Å². The van der Waals surface area contributed by atoms with Gasteiger partial charge in [0.2, 0.25) is 11.8 Å². The van der Waals surface area contributed by atoms with E-state index in [1.54, 1.807) is 19.2 Å². The molecule has 1 amide bonds. The number of nitrogens with one attached hydrogen (secondary N) is 1. The molecule has 1 N–H and O–H groups in total. The van der Waals surface area contributed by atoms with Crippen molar-refractivity contribution in [2.24, 2.45) is 0 Å². The van der Waals surface area contributed by atoms with Crippen LogP contribution in [0.15, 0.2) is 24.3 Å². The van der Waals surface area contributed by atoms with Gasteiger partial charge in [-0.25, -0.2) is 4.98 Å². The topological polar surface area (TPSA) is 76.6 Å². The van der Waals surface area contributed by atoms with Crippen molar-refractivity contribution < 1.29 is 14.3 Å². The molecule has 0 atom stereocenters. The number of rotatable bonds is 6. The first-order chi connectivity index (χ1) is 13.1. The number of carbonyl (C=O) groups is 1. The molecular weight excluding hydrogens is 344 g/mol. The number of hydrogen-bond acceptors (Lipinski definition) is 6. The van der Waals surface area contributed by atoms with Gasteiger partial charge >= 0.3 is 0 Å². The van der Waals surface area contributed by atoms with E-state index in [-0.39, 0.29) is 12.5 Å². The Labute approximate surface area is 159 Å². The third-order valence-corrected chi connectivity index (χ3v) is 4.69. The highest BCUT2D eigenvalue weighted by Gasteiger charge is 2.18. The second kappa shape index (κ2) is 8.70. The Hall–Kier alpha value is -2.83. The fourth-order valence-electron chi connectivity index (χ4n) is 3.03. The predicted molar refractivity (Wildman–Crippen MR) is 105 cm³/mol. The van der Waals surface area contributed by atoms with Gasteiger partial charge in [-0.1, -0.05) is 12.1 Å². The Morgan fingerprint density at radius 1 is 1.15 bits per heavy atom. The van der Waals surface area contributed by atoms with E-state index in [2.05, 4.69) is 20.2 Å². The molecule has 1 saturated heterocycles. The van der Waals surface area contributed by atoms with Crippen LogP contribution in [0.4, 0.5) is 11.6 Å². The van der Waals surface area contributed by atoms with Crippen LogP contribution in [0, 0.1) is 13.8 Å². The molecule has 144 valence electrons. The van der Waals surface area contributed by atoms with Gasteiger partial charge in [0, 0.05) is 24.3 Å². The minimum Gasteiger partial charge on any atom is -0.495 e. The number of aromatic nitrogens is 2. The molecule has 3 rings (SSSR count). The molecule has 7 heteroatoms. The summed E-state index contributed by atoms with van der Waals surface area (Å²) in [6, 6.07) is 7.26. The summed E-state index contributed by atoms with van der Waals surface area (Å²) in [6.07, 6.45) is 3.54. The maximum absolute atomic E-state index is 12.3. The number of piperidine rings is 1. The third-order valence-electron chi connectivity index (χ3n) is 4.69. The number of amides is 1. The van der Waals surface area contributed by atoms with Crippen molar-refractivity contribution in [2.45, 2.75) is 33.1 Å². The van der Waals surface area contributed by atoms with Crippen LogP contribution in [0.25, 0.3) is 0 Å². The molecule has 0 saturated carbocycles. The number of hydrogen-bond donors (Lipinski definition) is 1. The summed E-state index contributed by atoms with van der Waals surface area (Å²) in [5.74, 6) is 1.47. The SMILES string of the molecule is COc1ccccc1NC(=O)COc1nc(N2CCCCC2)nc(C)c1C. The zero-order valence-electron chi connectivity index (χ0n) is 16.1. The Balaban J connectivity index is 1.67. The second-order valence-electron chi connectivity index (χ2n) is 6.62. The lowest BCUT2D eigenvalue weighted by molar-refractivity contribution is -0.118. The van der Waals surface area contributed by atoms with E-state index >= 15 is 0 Å². The summed E-state index contributed by atoms with van der Waals surface area (Å²) >= 11 is 0. The normalized spacial score (nSPS) is 14.0. The quantitative estimate of drug-likeness (QED) is 0.842. The number of para-hydroxylation sites is 2. The first-order valence-corrected chi connectivity index (χ1v) is 9.24. The first-order valence-electron chi connectivity index (χ1n) is 9.24. The number of carbonyl (C=O) groups excluding carboxylic acids is 1. The fourth-order valence-corrected chi connectivity index (χ4v) is 3.03. The van der Waals surface area contributed by atoms with Crippen LogP contribution in [0.3, 0.4) is 0 Å². The molecule has 0 unspecified atom stereocenters. The van der Waals surface area contributed by atoms with Crippen molar-refractivity contribution in [1.29, 1.82) is 0 Å². The van der Waals surface area contributed by atoms with Crippen molar-refractivity contribution in [2.75, 3.05) is 37.0 Å². The van der Waals surface area contributed by atoms with Crippen LogP contribution in [0.2, 0.25) is 0 Å². The molecule has 2 heterocycles. The zero-order chi connectivity index (χ0) is 19.2. The number of benzene rings is 1. The van der Waals surface area contributed by atoms with Gasteiger partial charge < -0.3 is 19.7 Å². The van der Waals surface area contributed by atoms with Gasteiger partial charge in [0.25, 0.3) is 5.91 Å². The Bertz CT molecular complexity index is 804. The highest BCUT2D eigenvalue weighted by Crippen LogP contribution is 2.25. The smallest absolute Gasteiger partial charge is 0.262 e. The molecule has 1 aliphatic rings. The van der Waals surface area contributed by atoms with Gasteiger partial charge in [0.05, 0.1) is 12.8 Å². The lowest BCUT2D eigenvalue weighted by Crippen LogP contribution is -2.31. The number of nitrogens with zero attached hydrogens (tertiary/aromatic N) is 3. The van der Waals surface area contributed by atoms with E-state index < -0.39 is 0 Å². The molecule has 1 aliphatic heterocycles. The monoisotopic (exact) mass is 370 g/mol. The lowest BCUT2D eigenvalue weighted by atomic mass is 10.1. The van der Waals surface area contributed by atoms with Crippen LogP contribution in [0.1, 0.15) is 30.5 Å². The van der Waals surface area contributed by atoms with E-state index in [1.165, 1.54) is 6.42 Å². The van der Waals surface area contributed by atoms with Crippen LogP contribution >= 0.6 is 0 Å². The van der Waals surface area contributed by atoms with E-state index in [0.29, 0.717) is 23.3 Å². The largest absolute Gasteiger partial charge is 0.495 e. The molecular formula is C20H26N4O3. The van der Waals surface area contributed by atoms with Crippen molar-refractivity contribution in [3.63, 3.8) is 0 Å². The Morgan fingerprint density at radius 2 is 1.89 bits per heavy atom. The summed E-state index contributed by atoms with van der Waals surface area (Å²) in [7, 11) is 1.57. The predicted octanol–water partition coefficient (Wildman–Crippen LogP) is 3.11. The van der Waals surface area contributed by atoms with Gasteiger partial charge in [-0.05, 0) is 45.2 Å². The molecule has 1 aromatic heterocycles. The molecule has 27 heavy (non-hydrogen) atoms. The summed E-state index contributed by atoms with van der Waals surface area (Å²) in [4.78, 5) is 23.6. The Morgan fingerprint density at radius 3 is 2.63 bits per heavy atom. The lowest BCUT2D eigenvalue weighted by Gasteiger charge is -2.27. The van der Waals surface area contributed by atoms with Crippen molar-refractivity contribution in [1.82, 2.24) is 9.97 Å².